The maximum absolute atomic E-state index is 13.0. The SMILES string of the molecule is CCC/C(=N\Oc1ccc(F)cc1)c1cc(Cl)ccc1NS(=O)(=O)C(F)(F)F. The molecule has 0 aliphatic rings. The van der Waals surface area contributed by atoms with Crippen LogP contribution < -0.4 is 9.56 Å². The number of nitrogens with one attached hydrogen (secondary N) is 1. The summed E-state index contributed by atoms with van der Waals surface area (Å²) in [6.07, 6.45) is 0.784. The molecule has 11 heteroatoms. The lowest BCUT2D eigenvalue weighted by molar-refractivity contribution is -0.0429. The molecule has 0 bridgehead atoms. The molecule has 0 radical (unpaired) electrons. The van der Waals surface area contributed by atoms with Gasteiger partial charge in [-0.05, 0) is 48.9 Å². The molecule has 0 amide bonds. The van der Waals surface area contributed by atoms with Crippen LogP contribution in [0, 0.1) is 5.82 Å². The predicted molar refractivity (Wildman–Crippen MR) is 98.5 cm³/mol. The fourth-order valence-electron chi connectivity index (χ4n) is 2.12. The Balaban J connectivity index is 2.44. The van der Waals surface area contributed by atoms with Gasteiger partial charge in [0.1, 0.15) is 5.82 Å². The van der Waals surface area contributed by atoms with Gasteiger partial charge in [0, 0.05) is 10.6 Å². The fraction of sp³-hybridized carbons (Fsp3) is 0.235. The Morgan fingerprint density at radius 1 is 1.18 bits per heavy atom. The third kappa shape index (κ3) is 5.59. The van der Waals surface area contributed by atoms with Gasteiger partial charge in [-0.25, -0.2) is 4.39 Å². The topological polar surface area (TPSA) is 67.8 Å². The van der Waals surface area contributed by atoms with Crippen molar-refractivity contribution in [3.05, 3.63) is 58.9 Å². The van der Waals surface area contributed by atoms with Crippen molar-refractivity contribution in [1.82, 2.24) is 0 Å². The molecule has 152 valence electrons. The van der Waals surface area contributed by atoms with Crippen LogP contribution in [0.5, 0.6) is 5.75 Å². The first kappa shape index (κ1) is 22.0. The van der Waals surface area contributed by atoms with Gasteiger partial charge in [-0.1, -0.05) is 30.1 Å². The molecule has 28 heavy (non-hydrogen) atoms. The average Bonchev–Trinajstić information content (AvgIpc) is 2.60. The van der Waals surface area contributed by atoms with E-state index in [1.165, 1.54) is 29.0 Å². The maximum atomic E-state index is 13.0. The van der Waals surface area contributed by atoms with Gasteiger partial charge in [-0.15, -0.1) is 0 Å². The summed E-state index contributed by atoms with van der Waals surface area (Å²) in [4.78, 5) is 5.20. The first-order chi connectivity index (χ1) is 13.0. The van der Waals surface area contributed by atoms with Crippen LogP contribution in [0.3, 0.4) is 0 Å². The molecule has 0 aromatic heterocycles. The molecule has 0 atom stereocenters. The van der Waals surface area contributed by atoms with E-state index < -0.39 is 21.3 Å². The number of hydrogen-bond donors (Lipinski definition) is 1. The number of benzene rings is 2. The molecule has 0 aliphatic carbocycles. The van der Waals surface area contributed by atoms with Crippen LogP contribution in [0.4, 0.5) is 23.2 Å². The summed E-state index contributed by atoms with van der Waals surface area (Å²) in [5, 5.41) is 4.06. The lowest BCUT2D eigenvalue weighted by Crippen LogP contribution is -2.30. The molecule has 5 nitrogen and oxygen atoms in total. The number of nitrogens with zero attached hydrogens (tertiary/aromatic N) is 1. The number of rotatable bonds is 7. The van der Waals surface area contributed by atoms with Crippen LogP contribution in [0.15, 0.2) is 47.6 Å². The summed E-state index contributed by atoms with van der Waals surface area (Å²) >= 11 is 5.92. The standard InChI is InChI=1S/C17H15ClF4N2O3S/c1-2-3-15(23-27-13-7-5-12(19)6-8-13)14-10-11(18)4-9-16(14)24-28(25,26)17(20,21)22/h4-10,24H,2-3H2,1H3/b23-15+. The Labute approximate surface area is 164 Å². The van der Waals surface area contributed by atoms with E-state index >= 15 is 0 Å². The molecular formula is C17H15ClF4N2O3S. The summed E-state index contributed by atoms with van der Waals surface area (Å²) in [5.74, 6) is -0.293. The minimum Gasteiger partial charge on any atom is -0.357 e. The van der Waals surface area contributed by atoms with E-state index in [-0.39, 0.29) is 34.2 Å². The molecule has 0 fully saturated rings. The zero-order valence-electron chi connectivity index (χ0n) is 14.4. The molecule has 0 heterocycles. The molecule has 0 spiro atoms. The molecule has 0 saturated carbocycles. The lowest BCUT2D eigenvalue weighted by Gasteiger charge is -2.15. The van der Waals surface area contributed by atoms with Gasteiger partial charge >= 0.3 is 15.5 Å². The largest absolute Gasteiger partial charge is 0.516 e. The number of anilines is 1. The predicted octanol–water partition coefficient (Wildman–Crippen LogP) is 5.32. The van der Waals surface area contributed by atoms with Crippen molar-refractivity contribution >= 4 is 33.0 Å². The number of alkyl halides is 3. The highest BCUT2D eigenvalue weighted by molar-refractivity contribution is 7.93. The monoisotopic (exact) mass is 438 g/mol. The molecule has 0 aliphatic heterocycles. The van der Waals surface area contributed by atoms with Crippen LogP contribution in [0.2, 0.25) is 5.02 Å². The van der Waals surface area contributed by atoms with Crippen molar-refractivity contribution in [2.75, 3.05) is 4.72 Å². The van der Waals surface area contributed by atoms with Crippen molar-refractivity contribution < 1.29 is 30.8 Å². The smallest absolute Gasteiger partial charge is 0.357 e. The minimum atomic E-state index is -5.64. The number of halogens is 5. The lowest BCUT2D eigenvalue weighted by atomic mass is 10.0. The molecule has 2 aromatic rings. The average molecular weight is 439 g/mol. The van der Waals surface area contributed by atoms with E-state index in [2.05, 4.69) is 5.16 Å². The second-order valence-electron chi connectivity index (χ2n) is 5.57. The van der Waals surface area contributed by atoms with Gasteiger partial charge in [-0.2, -0.15) is 21.6 Å². The number of oxime groups is 1. The highest BCUT2D eigenvalue weighted by Gasteiger charge is 2.46. The summed E-state index contributed by atoms with van der Waals surface area (Å²) < 4.78 is 75.6. The van der Waals surface area contributed by atoms with Crippen molar-refractivity contribution in [3.8, 4) is 5.75 Å². The van der Waals surface area contributed by atoms with Crippen molar-refractivity contribution in [2.45, 2.75) is 25.3 Å². The highest BCUT2D eigenvalue weighted by Crippen LogP contribution is 2.29. The third-order valence-corrected chi connectivity index (χ3v) is 4.74. The Bertz CT molecular complexity index is 961. The minimum absolute atomic E-state index is 0.0317. The van der Waals surface area contributed by atoms with Crippen molar-refractivity contribution in [2.24, 2.45) is 5.16 Å². The van der Waals surface area contributed by atoms with E-state index in [0.29, 0.717) is 6.42 Å². The van der Waals surface area contributed by atoms with E-state index in [1.807, 2.05) is 0 Å². The second kappa shape index (κ2) is 8.78. The normalized spacial score (nSPS) is 12.7. The van der Waals surface area contributed by atoms with E-state index in [0.717, 1.165) is 18.2 Å². The summed E-state index contributed by atoms with van der Waals surface area (Å²) in [6.45, 7) is 1.79. The maximum Gasteiger partial charge on any atom is 0.516 e. The first-order valence-corrected chi connectivity index (χ1v) is 9.78. The van der Waals surface area contributed by atoms with Crippen LogP contribution in [0.25, 0.3) is 0 Å². The fourth-order valence-corrected chi connectivity index (χ4v) is 2.87. The molecule has 2 aromatic carbocycles. The van der Waals surface area contributed by atoms with Gasteiger partial charge in [0.25, 0.3) is 0 Å². The van der Waals surface area contributed by atoms with E-state index in [4.69, 9.17) is 16.4 Å². The van der Waals surface area contributed by atoms with Gasteiger partial charge in [0.15, 0.2) is 5.75 Å². The van der Waals surface area contributed by atoms with E-state index in [1.54, 1.807) is 6.92 Å². The zero-order chi connectivity index (χ0) is 20.9. The molecule has 0 saturated heterocycles. The first-order valence-electron chi connectivity index (χ1n) is 7.92. The Kier molecular flexibility index (Phi) is 6.89. The molecule has 2 rings (SSSR count). The van der Waals surface area contributed by atoms with Crippen LogP contribution in [0.1, 0.15) is 25.3 Å². The summed E-state index contributed by atoms with van der Waals surface area (Å²) in [7, 11) is -5.64. The van der Waals surface area contributed by atoms with Gasteiger partial charge in [-0.3, -0.25) is 4.72 Å². The highest BCUT2D eigenvalue weighted by atomic mass is 35.5. The van der Waals surface area contributed by atoms with Crippen LogP contribution >= 0.6 is 11.6 Å². The van der Waals surface area contributed by atoms with Crippen molar-refractivity contribution in [1.29, 1.82) is 0 Å². The summed E-state index contributed by atoms with van der Waals surface area (Å²) in [6, 6.07) is 8.53. The van der Waals surface area contributed by atoms with Gasteiger partial charge in [0.2, 0.25) is 0 Å². The molecule has 1 N–H and O–H groups in total. The second-order valence-corrected chi connectivity index (χ2v) is 7.68. The Hall–Kier alpha value is -2.33. The van der Waals surface area contributed by atoms with Gasteiger partial charge in [0.05, 0.1) is 11.4 Å². The Morgan fingerprint density at radius 3 is 2.39 bits per heavy atom. The number of hydrogen-bond acceptors (Lipinski definition) is 4. The molecular weight excluding hydrogens is 424 g/mol. The third-order valence-electron chi connectivity index (χ3n) is 3.40. The quantitative estimate of drug-likeness (QED) is 0.361. The van der Waals surface area contributed by atoms with Crippen LogP contribution in [-0.2, 0) is 10.0 Å². The van der Waals surface area contributed by atoms with Gasteiger partial charge < -0.3 is 4.84 Å². The van der Waals surface area contributed by atoms with Crippen molar-refractivity contribution in [3.63, 3.8) is 0 Å². The van der Waals surface area contributed by atoms with Crippen LogP contribution in [-0.4, -0.2) is 19.6 Å². The Morgan fingerprint density at radius 2 is 1.82 bits per heavy atom. The molecule has 0 unspecified atom stereocenters. The number of sulfonamides is 1. The zero-order valence-corrected chi connectivity index (χ0v) is 16.0. The van der Waals surface area contributed by atoms with E-state index in [9.17, 15) is 26.0 Å². The summed E-state index contributed by atoms with van der Waals surface area (Å²) in [5.41, 5.74) is -5.65.